The Kier molecular flexibility index (Phi) is 11.1. The van der Waals surface area contributed by atoms with Crippen LogP contribution >= 0.6 is 24.0 Å². The number of carbonyl (C=O) groups is 1. The summed E-state index contributed by atoms with van der Waals surface area (Å²) in [5, 5.41) is 6.93. The number of halogens is 1. The highest BCUT2D eigenvalue weighted by molar-refractivity contribution is 14.0. The van der Waals surface area contributed by atoms with E-state index in [2.05, 4.69) is 36.3 Å². The molecule has 0 aromatic carbocycles. The standard InChI is InChI=1S/C21H41N5O.HI/c1-6-22-20(23-15-18(17(2)3)26-13-9-10-14-26)24-16-21(11-7-8-12-21)19(27)25(4)5;/h17-18H,6-16H2,1-5H3,(H2,22,23,24);1H. The predicted octanol–water partition coefficient (Wildman–Crippen LogP) is 2.93. The fraction of sp³-hybridized carbons (Fsp3) is 0.905. The number of amides is 1. The molecule has 2 aliphatic rings. The van der Waals surface area contributed by atoms with Crippen molar-refractivity contribution in [1.82, 2.24) is 20.4 Å². The van der Waals surface area contributed by atoms with E-state index in [1.165, 1.54) is 25.9 Å². The molecule has 2 rings (SSSR count). The van der Waals surface area contributed by atoms with Crippen molar-refractivity contribution >= 4 is 35.8 Å². The lowest BCUT2D eigenvalue weighted by Gasteiger charge is -2.32. The van der Waals surface area contributed by atoms with Gasteiger partial charge in [0.2, 0.25) is 5.91 Å². The summed E-state index contributed by atoms with van der Waals surface area (Å²) in [5.74, 6) is 1.69. The summed E-state index contributed by atoms with van der Waals surface area (Å²) in [6, 6.07) is 0.528. The van der Waals surface area contributed by atoms with Gasteiger partial charge in [0.05, 0.1) is 12.0 Å². The molecule has 1 atom stereocenters. The van der Waals surface area contributed by atoms with Crippen LogP contribution in [0.5, 0.6) is 0 Å². The first kappa shape index (κ1) is 25.5. The van der Waals surface area contributed by atoms with Gasteiger partial charge >= 0.3 is 0 Å². The average Bonchev–Trinajstić information content (AvgIpc) is 3.31. The Morgan fingerprint density at radius 2 is 1.71 bits per heavy atom. The second kappa shape index (κ2) is 12.2. The molecule has 1 heterocycles. The Morgan fingerprint density at radius 3 is 2.21 bits per heavy atom. The minimum absolute atomic E-state index is 0. The van der Waals surface area contributed by atoms with Crippen LogP contribution in [0.1, 0.15) is 59.3 Å². The molecule has 1 aliphatic heterocycles. The van der Waals surface area contributed by atoms with Crippen molar-refractivity contribution in [3.63, 3.8) is 0 Å². The van der Waals surface area contributed by atoms with E-state index in [0.717, 1.165) is 44.7 Å². The van der Waals surface area contributed by atoms with Gasteiger partial charge in [-0.1, -0.05) is 26.7 Å². The van der Waals surface area contributed by atoms with Gasteiger partial charge in [0.15, 0.2) is 5.96 Å². The SMILES string of the molecule is CCNC(=NCC1(C(=O)N(C)C)CCCC1)NCC(C(C)C)N1CCCC1.I. The molecule has 1 amide bonds. The third-order valence-electron chi connectivity index (χ3n) is 6.16. The van der Waals surface area contributed by atoms with Crippen LogP contribution in [0, 0.1) is 11.3 Å². The minimum Gasteiger partial charge on any atom is -0.357 e. The van der Waals surface area contributed by atoms with Crippen molar-refractivity contribution in [3.8, 4) is 0 Å². The highest BCUT2D eigenvalue weighted by Crippen LogP contribution is 2.39. The van der Waals surface area contributed by atoms with Crippen molar-refractivity contribution < 1.29 is 4.79 Å². The van der Waals surface area contributed by atoms with E-state index in [0.29, 0.717) is 18.5 Å². The lowest BCUT2D eigenvalue weighted by atomic mass is 9.85. The number of nitrogens with one attached hydrogen (secondary N) is 2. The Labute approximate surface area is 189 Å². The first-order valence-corrected chi connectivity index (χ1v) is 10.9. The molecule has 2 fully saturated rings. The zero-order valence-corrected chi connectivity index (χ0v) is 20.9. The first-order valence-electron chi connectivity index (χ1n) is 10.9. The van der Waals surface area contributed by atoms with Crippen molar-refractivity contribution in [1.29, 1.82) is 0 Å². The summed E-state index contributed by atoms with van der Waals surface area (Å²) in [6.07, 6.45) is 6.79. The van der Waals surface area contributed by atoms with Crippen LogP contribution in [0.4, 0.5) is 0 Å². The summed E-state index contributed by atoms with van der Waals surface area (Å²) in [6.45, 7) is 11.4. The molecule has 0 aromatic heterocycles. The molecular formula is C21H42IN5O. The number of aliphatic imine (C=N–C) groups is 1. The van der Waals surface area contributed by atoms with Crippen LogP contribution in [0.25, 0.3) is 0 Å². The van der Waals surface area contributed by atoms with E-state index in [1.807, 2.05) is 14.1 Å². The van der Waals surface area contributed by atoms with Crippen LogP contribution in [-0.4, -0.2) is 74.5 Å². The lowest BCUT2D eigenvalue weighted by molar-refractivity contribution is -0.138. The van der Waals surface area contributed by atoms with Gasteiger partial charge in [-0.2, -0.15) is 0 Å². The van der Waals surface area contributed by atoms with Crippen molar-refractivity contribution in [2.24, 2.45) is 16.3 Å². The largest absolute Gasteiger partial charge is 0.357 e. The summed E-state index contributed by atoms with van der Waals surface area (Å²) in [5.41, 5.74) is -0.307. The third kappa shape index (κ3) is 6.75. The Balaban J connectivity index is 0.00000392. The number of hydrogen-bond donors (Lipinski definition) is 2. The zero-order valence-electron chi connectivity index (χ0n) is 18.6. The number of rotatable bonds is 8. The van der Waals surface area contributed by atoms with Crippen LogP contribution < -0.4 is 10.6 Å². The maximum absolute atomic E-state index is 12.8. The number of carbonyl (C=O) groups excluding carboxylic acids is 1. The van der Waals surface area contributed by atoms with Gasteiger partial charge in [-0.15, -0.1) is 24.0 Å². The third-order valence-corrected chi connectivity index (χ3v) is 6.16. The van der Waals surface area contributed by atoms with Gasteiger partial charge in [-0.25, -0.2) is 0 Å². The molecule has 164 valence electrons. The number of guanidine groups is 1. The molecular weight excluding hydrogens is 465 g/mol. The Hall–Kier alpha value is -0.570. The molecule has 7 heteroatoms. The summed E-state index contributed by atoms with van der Waals surface area (Å²) >= 11 is 0. The minimum atomic E-state index is -0.307. The molecule has 0 aromatic rings. The summed E-state index contributed by atoms with van der Waals surface area (Å²) in [4.78, 5) is 22.0. The van der Waals surface area contributed by atoms with Crippen LogP contribution in [0.3, 0.4) is 0 Å². The van der Waals surface area contributed by atoms with Crippen molar-refractivity contribution in [3.05, 3.63) is 0 Å². The van der Waals surface area contributed by atoms with E-state index in [1.54, 1.807) is 4.90 Å². The molecule has 6 nitrogen and oxygen atoms in total. The highest BCUT2D eigenvalue weighted by Gasteiger charge is 2.42. The Morgan fingerprint density at radius 1 is 1.11 bits per heavy atom. The van der Waals surface area contributed by atoms with Gasteiger partial charge in [-0.3, -0.25) is 14.7 Å². The van der Waals surface area contributed by atoms with E-state index in [-0.39, 0.29) is 35.3 Å². The van der Waals surface area contributed by atoms with E-state index in [4.69, 9.17) is 4.99 Å². The van der Waals surface area contributed by atoms with Crippen molar-refractivity contribution in [2.75, 3.05) is 46.8 Å². The van der Waals surface area contributed by atoms with Gasteiger partial charge in [0.1, 0.15) is 0 Å². The molecule has 2 N–H and O–H groups in total. The average molecular weight is 508 g/mol. The summed E-state index contributed by atoms with van der Waals surface area (Å²) in [7, 11) is 3.72. The lowest BCUT2D eigenvalue weighted by Crippen LogP contribution is -2.49. The quantitative estimate of drug-likeness (QED) is 0.302. The van der Waals surface area contributed by atoms with Crippen LogP contribution in [0.2, 0.25) is 0 Å². The molecule has 0 radical (unpaired) electrons. The second-order valence-electron chi connectivity index (χ2n) is 8.82. The van der Waals surface area contributed by atoms with Gasteiger partial charge in [0.25, 0.3) is 0 Å². The monoisotopic (exact) mass is 507 g/mol. The fourth-order valence-corrected chi connectivity index (χ4v) is 4.60. The predicted molar refractivity (Wildman–Crippen MR) is 128 cm³/mol. The maximum Gasteiger partial charge on any atom is 0.230 e. The highest BCUT2D eigenvalue weighted by atomic mass is 127. The van der Waals surface area contributed by atoms with E-state index in [9.17, 15) is 4.79 Å². The molecule has 1 unspecified atom stereocenters. The van der Waals surface area contributed by atoms with Crippen LogP contribution in [-0.2, 0) is 4.79 Å². The first-order chi connectivity index (χ1) is 12.9. The van der Waals surface area contributed by atoms with Crippen molar-refractivity contribution in [2.45, 2.75) is 65.3 Å². The number of hydrogen-bond acceptors (Lipinski definition) is 3. The molecule has 0 spiro atoms. The Bertz CT molecular complexity index is 497. The van der Waals surface area contributed by atoms with Crippen LogP contribution in [0.15, 0.2) is 4.99 Å². The fourth-order valence-electron chi connectivity index (χ4n) is 4.60. The maximum atomic E-state index is 12.8. The number of nitrogens with zero attached hydrogens (tertiary/aromatic N) is 3. The van der Waals surface area contributed by atoms with E-state index < -0.39 is 0 Å². The normalized spacial score (nSPS) is 20.7. The molecule has 1 aliphatic carbocycles. The van der Waals surface area contributed by atoms with E-state index >= 15 is 0 Å². The number of likely N-dealkylation sites (tertiary alicyclic amines) is 1. The molecule has 28 heavy (non-hydrogen) atoms. The van der Waals surface area contributed by atoms with Gasteiger partial charge in [-0.05, 0) is 51.6 Å². The molecule has 1 saturated carbocycles. The van der Waals surface area contributed by atoms with Gasteiger partial charge in [0, 0.05) is 33.2 Å². The molecule has 1 saturated heterocycles. The molecule has 0 bridgehead atoms. The summed E-state index contributed by atoms with van der Waals surface area (Å²) < 4.78 is 0. The topological polar surface area (TPSA) is 60.0 Å². The smallest absolute Gasteiger partial charge is 0.230 e. The zero-order chi connectivity index (χ0) is 19.9. The second-order valence-corrected chi connectivity index (χ2v) is 8.82. The van der Waals surface area contributed by atoms with Gasteiger partial charge < -0.3 is 15.5 Å².